The summed E-state index contributed by atoms with van der Waals surface area (Å²) >= 11 is 0. The molecule has 130 valence electrons. The van der Waals surface area contributed by atoms with Crippen molar-refractivity contribution in [2.75, 3.05) is 36.5 Å². The van der Waals surface area contributed by atoms with Gasteiger partial charge < -0.3 is 15.0 Å². The number of para-hydroxylation sites is 1. The minimum Gasteiger partial charge on any atom is -0.376 e. The lowest BCUT2D eigenvalue weighted by molar-refractivity contribution is 0.120. The Morgan fingerprint density at radius 3 is 2.71 bits per heavy atom. The highest BCUT2D eigenvalue weighted by atomic mass is 35.5. The van der Waals surface area contributed by atoms with Crippen molar-refractivity contribution in [3.05, 3.63) is 24.3 Å². The molecule has 5 nitrogen and oxygen atoms in total. The van der Waals surface area contributed by atoms with Crippen molar-refractivity contribution >= 4 is 35.1 Å². The van der Waals surface area contributed by atoms with Crippen molar-refractivity contribution in [3.8, 4) is 0 Å². The van der Waals surface area contributed by atoms with Gasteiger partial charge in [0.2, 0.25) is 5.95 Å². The lowest BCUT2D eigenvalue weighted by Gasteiger charge is -2.27. The molecular formula is C18H25ClN4O. The number of fused-ring (bicyclic) bond motifs is 1. The van der Waals surface area contributed by atoms with Gasteiger partial charge in [0.1, 0.15) is 5.82 Å². The first-order valence-electron chi connectivity index (χ1n) is 8.77. The Morgan fingerprint density at radius 2 is 1.92 bits per heavy atom. The lowest BCUT2D eigenvalue weighted by atomic mass is 10.1. The van der Waals surface area contributed by atoms with Gasteiger partial charge in [0.05, 0.1) is 11.6 Å². The van der Waals surface area contributed by atoms with Crippen LogP contribution in [0.2, 0.25) is 0 Å². The Hall–Kier alpha value is -1.59. The van der Waals surface area contributed by atoms with E-state index in [9.17, 15) is 0 Å². The second-order valence-corrected chi connectivity index (χ2v) is 6.45. The first kappa shape index (κ1) is 17.2. The van der Waals surface area contributed by atoms with Crippen LogP contribution in [0.5, 0.6) is 0 Å². The third-order valence-electron chi connectivity index (χ3n) is 4.75. The van der Waals surface area contributed by atoms with Crippen molar-refractivity contribution in [1.82, 2.24) is 9.97 Å². The summed E-state index contributed by atoms with van der Waals surface area (Å²) in [6, 6.07) is 8.25. The molecule has 0 amide bonds. The first-order valence-corrected chi connectivity index (χ1v) is 8.77. The topological polar surface area (TPSA) is 50.3 Å². The third-order valence-corrected chi connectivity index (χ3v) is 4.75. The van der Waals surface area contributed by atoms with Crippen LogP contribution < -0.4 is 10.2 Å². The zero-order valence-electron chi connectivity index (χ0n) is 13.9. The van der Waals surface area contributed by atoms with E-state index >= 15 is 0 Å². The highest BCUT2D eigenvalue weighted by molar-refractivity contribution is 5.90. The number of hydrogen-bond acceptors (Lipinski definition) is 5. The minimum absolute atomic E-state index is 0. The number of hydrogen-bond donors (Lipinski definition) is 1. The Bertz CT molecular complexity index is 669. The van der Waals surface area contributed by atoms with E-state index in [0.717, 1.165) is 61.8 Å². The highest BCUT2D eigenvalue weighted by Gasteiger charge is 2.18. The van der Waals surface area contributed by atoms with Crippen LogP contribution >= 0.6 is 12.4 Å². The predicted octanol–water partition coefficient (Wildman–Crippen LogP) is 3.63. The third kappa shape index (κ3) is 3.73. The van der Waals surface area contributed by atoms with E-state index in [1.165, 1.54) is 19.3 Å². The molecule has 4 rings (SSSR count). The van der Waals surface area contributed by atoms with Gasteiger partial charge in [-0.1, -0.05) is 12.1 Å². The maximum atomic E-state index is 5.72. The Balaban J connectivity index is 0.00000169. The van der Waals surface area contributed by atoms with Gasteiger partial charge in [0, 0.05) is 31.6 Å². The summed E-state index contributed by atoms with van der Waals surface area (Å²) in [5.41, 5.74) is 1.01. The highest BCUT2D eigenvalue weighted by Crippen LogP contribution is 2.25. The number of rotatable bonds is 4. The van der Waals surface area contributed by atoms with E-state index in [2.05, 4.69) is 22.3 Å². The second kappa shape index (κ2) is 7.99. The summed E-state index contributed by atoms with van der Waals surface area (Å²) < 4.78 is 5.72. The lowest BCUT2D eigenvalue weighted by Crippen LogP contribution is -2.31. The normalized spacial score (nSPS) is 20.8. The van der Waals surface area contributed by atoms with Crippen molar-refractivity contribution in [2.24, 2.45) is 0 Å². The molecule has 0 bridgehead atoms. The summed E-state index contributed by atoms with van der Waals surface area (Å²) in [6.45, 7) is 3.82. The van der Waals surface area contributed by atoms with E-state index in [0.29, 0.717) is 6.10 Å². The van der Waals surface area contributed by atoms with Crippen molar-refractivity contribution < 1.29 is 4.74 Å². The number of piperidine rings is 1. The molecule has 1 N–H and O–H groups in total. The van der Waals surface area contributed by atoms with E-state index in [1.54, 1.807) is 0 Å². The summed E-state index contributed by atoms with van der Waals surface area (Å²) in [7, 11) is 0. The molecule has 0 radical (unpaired) electrons. The molecular weight excluding hydrogens is 324 g/mol. The summed E-state index contributed by atoms with van der Waals surface area (Å²) in [6.07, 6.45) is 6.38. The maximum absolute atomic E-state index is 5.72. The molecule has 0 saturated carbocycles. The summed E-state index contributed by atoms with van der Waals surface area (Å²) in [4.78, 5) is 11.9. The number of benzene rings is 1. The number of anilines is 2. The number of nitrogens with zero attached hydrogens (tertiary/aromatic N) is 3. The van der Waals surface area contributed by atoms with Gasteiger partial charge in [0.25, 0.3) is 0 Å². The van der Waals surface area contributed by atoms with Gasteiger partial charge in [-0.3, -0.25) is 0 Å². The summed E-state index contributed by atoms with van der Waals surface area (Å²) in [5.74, 6) is 1.80. The Morgan fingerprint density at radius 1 is 1.08 bits per heavy atom. The molecule has 24 heavy (non-hydrogen) atoms. The van der Waals surface area contributed by atoms with Crippen LogP contribution in [-0.4, -0.2) is 42.3 Å². The fraction of sp³-hybridized carbons (Fsp3) is 0.556. The number of ether oxygens (including phenoxy) is 1. The molecule has 2 aliphatic rings. The Labute approximate surface area is 149 Å². The smallest absolute Gasteiger partial charge is 0.227 e. The molecule has 1 unspecified atom stereocenters. The van der Waals surface area contributed by atoms with Gasteiger partial charge in [-0.05, 0) is 44.2 Å². The van der Waals surface area contributed by atoms with Crippen molar-refractivity contribution in [1.29, 1.82) is 0 Å². The van der Waals surface area contributed by atoms with Gasteiger partial charge >= 0.3 is 0 Å². The molecule has 1 aromatic carbocycles. The van der Waals surface area contributed by atoms with Crippen LogP contribution in [-0.2, 0) is 4.74 Å². The monoisotopic (exact) mass is 348 g/mol. The molecule has 2 aliphatic heterocycles. The molecule has 1 aromatic heterocycles. The van der Waals surface area contributed by atoms with Crippen LogP contribution in [0, 0.1) is 0 Å². The number of halogens is 1. The van der Waals surface area contributed by atoms with Crippen molar-refractivity contribution in [2.45, 2.75) is 38.2 Å². The molecule has 6 heteroatoms. The molecule has 3 heterocycles. The maximum Gasteiger partial charge on any atom is 0.227 e. The van der Waals surface area contributed by atoms with E-state index in [-0.39, 0.29) is 12.4 Å². The molecule has 0 spiro atoms. The van der Waals surface area contributed by atoms with Crippen molar-refractivity contribution in [3.63, 3.8) is 0 Å². The molecule has 0 aliphatic carbocycles. The largest absolute Gasteiger partial charge is 0.376 e. The standard InChI is InChI=1S/C18H24N4O.ClH/c1-4-10-22(11-5-1)18-20-16-9-3-2-8-15(16)17(21-18)19-13-14-7-6-12-23-14;/h2-3,8-9,14H,1,4-7,10-13H2,(H,19,20,21);1H. The minimum atomic E-state index is 0. The van der Waals surface area contributed by atoms with E-state index < -0.39 is 0 Å². The summed E-state index contributed by atoms with van der Waals surface area (Å²) in [5, 5.41) is 4.60. The molecule has 2 aromatic rings. The fourth-order valence-electron chi connectivity index (χ4n) is 3.45. The van der Waals surface area contributed by atoms with E-state index in [4.69, 9.17) is 14.7 Å². The predicted molar refractivity (Wildman–Crippen MR) is 100 cm³/mol. The number of nitrogens with one attached hydrogen (secondary N) is 1. The van der Waals surface area contributed by atoms with Gasteiger partial charge in [-0.2, -0.15) is 4.98 Å². The quantitative estimate of drug-likeness (QED) is 0.914. The fourth-order valence-corrected chi connectivity index (χ4v) is 3.45. The first-order chi connectivity index (χ1) is 11.4. The molecule has 1 atom stereocenters. The van der Waals surface area contributed by atoms with Crippen LogP contribution in [0.3, 0.4) is 0 Å². The van der Waals surface area contributed by atoms with Crippen LogP contribution in [0.25, 0.3) is 10.9 Å². The van der Waals surface area contributed by atoms with Crippen LogP contribution in [0.1, 0.15) is 32.1 Å². The zero-order chi connectivity index (χ0) is 15.5. The molecule has 2 fully saturated rings. The van der Waals surface area contributed by atoms with Gasteiger partial charge in [-0.25, -0.2) is 4.98 Å². The Kier molecular flexibility index (Phi) is 5.74. The average molecular weight is 349 g/mol. The number of aromatic nitrogens is 2. The van der Waals surface area contributed by atoms with Crippen LogP contribution in [0.4, 0.5) is 11.8 Å². The van der Waals surface area contributed by atoms with Gasteiger partial charge in [-0.15, -0.1) is 12.4 Å². The van der Waals surface area contributed by atoms with Crippen LogP contribution in [0.15, 0.2) is 24.3 Å². The average Bonchev–Trinajstić information content (AvgIpc) is 3.14. The van der Waals surface area contributed by atoms with E-state index in [1.807, 2.05) is 12.1 Å². The zero-order valence-corrected chi connectivity index (χ0v) is 14.7. The van der Waals surface area contributed by atoms with Gasteiger partial charge in [0.15, 0.2) is 0 Å². The SMILES string of the molecule is Cl.c1ccc2c(NCC3CCCO3)nc(N3CCCCC3)nc2c1. The molecule has 2 saturated heterocycles. The second-order valence-electron chi connectivity index (χ2n) is 6.45.